The lowest BCUT2D eigenvalue weighted by atomic mass is 9.96. The molecule has 0 aliphatic heterocycles. The number of carboxylic acid groups (broad SMARTS) is 1. The first kappa shape index (κ1) is 15.5. The Morgan fingerprint density at radius 1 is 1.38 bits per heavy atom. The minimum absolute atomic E-state index is 0.0447. The van der Waals surface area contributed by atoms with Crippen molar-refractivity contribution in [1.29, 1.82) is 0 Å². The van der Waals surface area contributed by atoms with Gasteiger partial charge in [-0.2, -0.15) is 0 Å². The van der Waals surface area contributed by atoms with Crippen LogP contribution >= 0.6 is 0 Å². The lowest BCUT2D eigenvalue weighted by molar-refractivity contribution is -0.150. The summed E-state index contributed by atoms with van der Waals surface area (Å²) in [5.41, 5.74) is 0.752. The van der Waals surface area contributed by atoms with Crippen molar-refractivity contribution >= 4 is 11.9 Å². The molecule has 1 N–H and O–H groups in total. The molecule has 5 heteroatoms. The van der Waals surface area contributed by atoms with E-state index in [0.717, 1.165) is 18.4 Å². The van der Waals surface area contributed by atoms with Crippen LogP contribution in [-0.4, -0.2) is 34.0 Å². The zero-order valence-corrected chi connectivity index (χ0v) is 12.3. The molecule has 21 heavy (non-hydrogen) atoms. The summed E-state index contributed by atoms with van der Waals surface area (Å²) in [6, 6.07) is 5.40. The molecule has 1 aromatic rings. The number of hydrogen-bond acceptors (Lipinski definition) is 2. The Morgan fingerprint density at radius 3 is 2.57 bits per heavy atom. The molecule has 1 aliphatic rings. The summed E-state index contributed by atoms with van der Waals surface area (Å²) in [6.07, 6.45) is 1.91. The number of carboxylic acids is 1. The molecule has 0 heterocycles. The summed E-state index contributed by atoms with van der Waals surface area (Å²) in [5, 5.41) is 9.12. The monoisotopic (exact) mass is 293 g/mol. The molecular weight excluding hydrogens is 273 g/mol. The van der Waals surface area contributed by atoms with Gasteiger partial charge in [0.2, 0.25) is 5.91 Å². The number of aliphatic carboxylic acids is 1. The number of carbonyl (C=O) groups is 2. The third-order valence-electron chi connectivity index (χ3n) is 3.90. The number of carbonyl (C=O) groups excluding carboxylic acids is 1. The van der Waals surface area contributed by atoms with Crippen molar-refractivity contribution in [3.05, 3.63) is 35.6 Å². The van der Waals surface area contributed by atoms with Gasteiger partial charge in [-0.25, -0.2) is 9.18 Å². The van der Waals surface area contributed by atoms with Gasteiger partial charge in [0.1, 0.15) is 11.9 Å². The first-order valence-electron chi connectivity index (χ1n) is 7.19. The number of rotatable bonds is 6. The summed E-state index contributed by atoms with van der Waals surface area (Å²) in [7, 11) is 0. The van der Waals surface area contributed by atoms with Gasteiger partial charge >= 0.3 is 5.97 Å². The number of amides is 1. The minimum Gasteiger partial charge on any atom is -0.480 e. The second-order valence-electron chi connectivity index (χ2n) is 5.71. The highest BCUT2D eigenvalue weighted by Crippen LogP contribution is 2.31. The van der Waals surface area contributed by atoms with Gasteiger partial charge in [-0.05, 0) is 43.4 Å². The molecule has 2 rings (SSSR count). The first-order chi connectivity index (χ1) is 9.90. The normalized spacial score (nSPS) is 17.1. The van der Waals surface area contributed by atoms with Crippen LogP contribution in [0.2, 0.25) is 0 Å². The highest BCUT2D eigenvalue weighted by molar-refractivity contribution is 5.84. The Labute approximate surface area is 123 Å². The van der Waals surface area contributed by atoms with Crippen LogP contribution in [0, 0.1) is 5.82 Å². The molecule has 1 amide bonds. The average Bonchev–Trinajstić information content (AvgIpc) is 3.23. The van der Waals surface area contributed by atoms with Crippen LogP contribution < -0.4 is 0 Å². The average molecular weight is 293 g/mol. The highest BCUT2D eigenvalue weighted by Gasteiger charge is 2.38. The van der Waals surface area contributed by atoms with Crippen LogP contribution in [0.4, 0.5) is 4.39 Å². The SMILES string of the molecule is CC(CC(=O)N(C1CC1)C(C)C(=O)O)c1cccc(F)c1. The van der Waals surface area contributed by atoms with E-state index in [1.165, 1.54) is 24.0 Å². The molecule has 1 fully saturated rings. The van der Waals surface area contributed by atoms with Crippen LogP contribution in [0.15, 0.2) is 24.3 Å². The van der Waals surface area contributed by atoms with Gasteiger partial charge < -0.3 is 10.0 Å². The van der Waals surface area contributed by atoms with Crippen LogP contribution in [0.3, 0.4) is 0 Å². The second-order valence-corrected chi connectivity index (χ2v) is 5.71. The zero-order chi connectivity index (χ0) is 15.6. The third-order valence-corrected chi connectivity index (χ3v) is 3.90. The molecule has 4 nitrogen and oxygen atoms in total. The maximum absolute atomic E-state index is 13.2. The zero-order valence-electron chi connectivity index (χ0n) is 12.3. The summed E-state index contributed by atoms with van der Waals surface area (Å²) < 4.78 is 13.2. The first-order valence-corrected chi connectivity index (χ1v) is 7.19. The number of hydrogen-bond donors (Lipinski definition) is 1. The highest BCUT2D eigenvalue weighted by atomic mass is 19.1. The largest absolute Gasteiger partial charge is 0.480 e. The van der Waals surface area contributed by atoms with Gasteiger partial charge in [-0.3, -0.25) is 4.79 Å². The van der Waals surface area contributed by atoms with Crippen molar-refractivity contribution < 1.29 is 19.1 Å². The van der Waals surface area contributed by atoms with Crippen LogP contribution in [0.5, 0.6) is 0 Å². The van der Waals surface area contributed by atoms with E-state index >= 15 is 0 Å². The minimum atomic E-state index is -0.992. The molecule has 0 bridgehead atoms. The van der Waals surface area contributed by atoms with Crippen molar-refractivity contribution in [2.24, 2.45) is 0 Å². The predicted molar refractivity (Wildman–Crippen MR) is 76.4 cm³/mol. The fraction of sp³-hybridized carbons (Fsp3) is 0.500. The van der Waals surface area contributed by atoms with Crippen LogP contribution in [-0.2, 0) is 9.59 Å². The summed E-state index contributed by atoms with van der Waals surface area (Å²) in [6.45, 7) is 3.38. The maximum atomic E-state index is 13.2. The maximum Gasteiger partial charge on any atom is 0.326 e. The van der Waals surface area contributed by atoms with Crippen molar-refractivity contribution in [3.8, 4) is 0 Å². The van der Waals surface area contributed by atoms with Gasteiger partial charge in [0, 0.05) is 12.5 Å². The molecule has 1 aliphatic carbocycles. The Hall–Kier alpha value is -1.91. The van der Waals surface area contributed by atoms with E-state index in [2.05, 4.69) is 0 Å². The van der Waals surface area contributed by atoms with Crippen molar-refractivity contribution in [3.63, 3.8) is 0 Å². The molecule has 2 unspecified atom stereocenters. The molecular formula is C16H20FNO3. The smallest absolute Gasteiger partial charge is 0.326 e. The lowest BCUT2D eigenvalue weighted by Crippen LogP contribution is -2.45. The molecule has 0 saturated heterocycles. The number of benzene rings is 1. The molecule has 0 radical (unpaired) electrons. The summed E-state index contributed by atoms with van der Waals surface area (Å²) >= 11 is 0. The Kier molecular flexibility index (Phi) is 4.60. The van der Waals surface area contributed by atoms with E-state index in [4.69, 9.17) is 5.11 Å². The van der Waals surface area contributed by atoms with E-state index < -0.39 is 12.0 Å². The Morgan fingerprint density at radius 2 is 2.05 bits per heavy atom. The van der Waals surface area contributed by atoms with E-state index in [9.17, 15) is 14.0 Å². The van der Waals surface area contributed by atoms with Gasteiger partial charge in [0.15, 0.2) is 0 Å². The van der Waals surface area contributed by atoms with E-state index in [-0.39, 0.29) is 30.1 Å². The van der Waals surface area contributed by atoms with E-state index in [0.29, 0.717) is 0 Å². The van der Waals surface area contributed by atoms with Gasteiger partial charge in [-0.1, -0.05) is 19.1 Å². The van der Waals surface area contributed by atoms with Gasteiger partial charge in [0.05, 0.1) is 0 Å². The summed E-state index contributed by atoms with van der Waals surface area (Å²) in [4.78, 5) is 25.0. The fourth-order valence-electron chi connectivity index (χ4n) is 2.51. The molecule has 114 valence electrons. The van der Waals surface area contributed by atoms with Crippen molar-refractivity contribution in [2.75, 3.05) is 0 Å². The van der Waals surface area contributed by atoms with Crippen molar-refractivity contribution in [1.82, 2.24) is 4.90 Å². The predicted octanol–water partition coefficient (Wildman–Crippen LogP) is 2.78. The quantitative estimate of drug-likeness (QED) is 0.877. The molecule has 2 atom stereocenters. The molecule has 0 aromatic heterocycles. The number of halogens is 1. The van der Waals surface area contributed by atoms with Crippen LogP contribution in [0.25, 0.3) is 0 Å². The third kappa shape index (κ3) is 3.80. The standard InChI is InChI=1S/C16H20FNO3/c1-10(12-4-3-5-13(17)9-12)8-15(19)18(14-6-7-14)11(2)16(20)21/h3-5,9-11,14H,6-8H2,1-2H3,(H,20,21). The number of nitrogens with zero attached hydrogens (tertiary/aromatic N) is 1. The summed E-state index contributed by atoms with van der Waals surface area (Å²) in [5.74, 6) is -1.64. The van der Waals surface area contributed by atoms with Gasteiger partial charge in [0.25, 0.3) is 0 Å². The van der Waals surface area contributed by atoms with E-state index in [1.807, 2.05) is 6.92 Å². The van der Waals surface area contributed by atoms with Gasteiger partial charge in [-0.15, -0.1) is 0 Å². The topological polar surface area (TPSA) is 57.6 Å². The molecule has 1 saturated carbocycles. The molecule has 0 spiro atoms. The fourth-order valence-corrected chi connectivity index (χ4v) is 2.51. The molecule has 1 aromatic carbocycles. The lowest BCUT2D eigenvalue weighted by Gasteiger charge is -2.27. The Balaban J connectivity index is 2.06. The second kappa shape index (κ2) is 6.24. The van der Waals surface area contributed by atoms with Crippen molar-refractivity contribution in [2.45, 2.75) is 51.1 Å². The van der Waals surface area contributed by atoms with Crippen LogP contribution in [0.1, 0.15) is 44.6 Å². The van der Waals surface area contributed by atoms with E-state index in [1.54, 1.807) is 12.1 Å². The Bertz CT molecular complexity index is 542.